The molecule has 1 N–H and O–H groups in total. The van der Waals surface area contributed by atoms with E-state index in [9.17, 15) is 14.0 Å². The van der Waals surface area contributed by atoms with Crippen molar-refractivity contribution < 1.29 is 14.0 Å². The number of aryl methyl sites for hydroxylation is 3. The van der Waals surface area contributed by atoms with Gasteiger partial charge in [-0.05, 0) is 67.8 Å². The standard InChI is InChI=1S/C25H21FN2O2/c1-15-8-13-20(17(3)14-15)22-23(27-21-7-5-4-6-16(21)2)25(30)28(24(22)29)19-11-9-18(26)10-12-19/h4-14,27H,1-3H3. The number of rotatable bonds is 4. The van der Waals surface area contributed by atoms with Crippen LogP contribution in [0.25, 0.3) is 5.57 Å². The van der Waals surface area contributed by atoms with E-state index >= 15 is 0 Å². The van der Waals surface area contributed by atoms with Crippen LogP contribution in [-0.2, 0) is 9.59 Å². The molecular formula is C25H21FN2O2. The fourth-order valence-electron chi connectivity index (χ4n) is 3.66. The highest BCUT2D eigenvalue weighted by atomic mass is 19.1. The van der Waals surface area contributed by atoms with Crippen LogP contribution in [0.3, 0.4) is 0 Å². The van der Waals surface area contributed by atoms with Gasteiger partial charge in [-0.1, -0.05) is 42.0 Å². The fourth-order valence-corrected chi connectivity index (χ4v) is 3.66. The number of carbonyl (C=O) groups is 2. The molecular weight excluding hydrogens is 379 g/mol. The highest BCUT2D eigenvalue weighted by molar-refractivity contribution is 6.46. The Bertz CT molecular complexity index is 1200. The van der Waals surface area contributed by atoms with E-state index in [1.54, 1.807) is 0 Å². The summed E-state index contributed by atoms with van der Waals surface area (Å²) >= 11 is 0. The van der Waals surface area contributed by atoms with E-state index < -0.39 is 17.6 Å². The number of hydrogen-bond donors (Lipinski definition) is 1. The lowest BCUT2D eigenvalue weighted by Crippen LogP contribution is -2.32. The molecule has 0 saturated heterocycles. The summed E-state index contributed by atoms with van der Waals surface area (Å²) in [5.41, 5.74) is 5.21. The molecule has 5 heteroatoms. The van der Waals surface area contributed by atoms with Gasteiger partial charge in [-0.2, -0.15) is 0 Å². The van der Waals surface area contributed by atoms with Gasteiger partial charge in [0, 0.05) is 5.69 Å². The Labute approximate surface area is 174 Å². The van der Waals surface area contributed by atoms with E-state index in [0.29, 0.717) is 16.8 Å². The van der Waals surface area contributed by atoms with Gasteiger partial charge in [0.15, 0.2) is 0 Å². The van der Waals surface area contributed by atoms with E-state index in [1.165, 1.54) is 24.3 Å². The van der Waals surface area contributed by atoms with Crippen LogP contribution in [0.2, 0.25) is 0 Å². The van der Waals surface area contributed by atoms with Gasteiger partial charge in [0.25, 0.3) is 11.8 Å². The summed E-state index contributed by atoms with van der Waals surface area (Å²) < 4.78 is 13.4. The van der Waals surface area contributed by atoms with Crippen molar-refractivity contribution in [3.8, 4) is 0 Å². The van der Waals surface area contributed by atoms with E-state index in [1.807, 2.05) is 63.2 Å². The molecule has 4 nitrogen and oxygen atoms in total. The zero-order valence-corrected chi connectivity index (χ0v) is 17.0. The number of amides is 2. The number of anilines is 2. The van der Waals surface area contributed by atoms with Gasteiger partial charge < -0.3 is 5.32 Å². The van der Waals surface area contributed by atoms with Crippen LogP contribution in [0.4, 0.5) is 15.8 Å². The van der Waals surface area contributed by atoms with Gasteiger partial charge >= 0.3 is 0 Å². The van der Waals surface area contributed by atoms with E-state index in [-0.39, 0.29) is 5.70 Å². The highest BCUT2D eigenvalue weighted by Crippen LogP contribution is 2.35. The lowest BCUT2D eigenvalue weighted by Gasteiger charge is -2.15. The molecule has 0 aromatic heterocycles. The minimum Gasteiger partial charge on any atom is -0.350 e. The van der Waals surface area contributed by atoms with Gasteiger partial charge in [-0.25, -0.2) is 9.29 Å². The summed E-state index contributed by atoms with van der Waals surface area (Å²) in [4.78, 5) is 27.9. The van der Waals surface area contributed by atoms with Crippen LogP contribution < -0.4 is 10.2 Å². The van der Waals surface area contributed by atoms with Gasteiger partial charge in [0.05, 0.1) is 11.3 Å². The van der Waals surface area contributed by atoms with E-state index in [0.717, 1.165) is 27.3 Å². The van der Waals surface area contributed by atoms with E-state index in [4.69, 9.17) is 0 Å². The molecule has 0 radical (unpaired) electrons. The lowest BCUT2D eigenvalue weighted by atomic mass is 9.97. The Morgan fingerprint density at radius 1 is 0.800 bits per heavy atom. The van der Waals surface area contributed by atoms with Crippen LogP contribution in [-0.4, -0.2) is 11.8 Å². The Morgan fingerprint density at radius 3 is 2.17 bits per heavy atom. The third kappa shape index (κ3) is 3.39. The molecule has 1 aliphatic heterocycles. The van der Waals surface area contributed by atoms with Gasteiger partial charge in [-0.15, -0.1) is 0 Å². The minimum absolute atomic E-state index is 0.213. The zero-order chi connectivity index (χ0) is 21.4. The molecule has 3 aromatic carbocycles. The normalized spacial score (nSPS) is 13.9. The molecule has 3 aromatic rings. The van der Waals surface area contributed by atoms with Crippen LogP contribution in [0.15, 0.2) is 72.4 Å². The fraction of sp³-hybridized carbons (Fsp3) is 0.120. The first kappa shape index (κ1) is 19.6. The first-order valence-corrected chi connectivity index (χ1v) is 9.65. The molecule has 1 aliphatic rings. The maximum Gasteiger partial charge on any atom is 0.282 e. The second-order valence-electron chi connectivity index (χ2n) is 7.43. The number of imide groups is 1. The van der Waals surface area contributed by atoms with Crippen molar-refractivity contribution in [3.63, 3.8) is 0 Å². The Morgan fingerprint density at radius 2 is 1.50 bits per heavy atom. The molecule has 0 aliphatic carbocycles. The molecule has 2 amide bonds. The first-order valence-electron chi connectivity index (χ1n) is 9.65. The Hall–Kier alpha value is -3.73. The third-order valence-corrected chi connectivity index (χ3v) is 5.22. The molecule has 4 rings (SSSR count). The smallest absolute Gasteiger partial charge is 0.282 e. The predicted molar refractivity (Wildman–Crippen MR) is 117 cm³/mol. The average molecular weight is 400 g/mol. The molecule has 0 unspecified atom stereocenters. The third-order valence-electron chi connectivity index (χ3n) is 5.22. The molecule has 30 heavy (non-hydrogen) atoms. The maximum absolute atomic E-state index is 13.4. The Kier molecular flexibility index (Phi) is 4.96. The van der Waals surface area contributed by atoms with Crippen LogP contribution in [0, 0.1) is 26.6 Å². The largest absolute Gasteiger partial charge is 0.350 e. The molecule has 150 valence electrons. The zero-order valence-electron chi connectivity index (χ0n) is 17.0. The SMILES string of the molecule is Cc1ccc(C2=C(Nc3ccccc3C)C(=O)N(c3ccc(F)cc3)C2=O)c(C)c1. The monoisotopic (exact) mass is 400 g/mol. The summed E-state index contributed by atoms with van der Waals surface area (Å²) in [5, 5.41) is 3.18. The highest BCUT2D eigenvalue weighted by Gasteiger charge is 2.40. The summed E-state index contributed by atoms with van der Waals surface area (Å²) in [5.74, 6) is -1.34. The van der Waals surface area contributed by atoms with E-state index in [2.05, 4.69) is 5.32 Å². The van der Waals surface area contributed by atoms with Crippen molar-refractivity contribution in [2.45, 2.75) is 20.8 Å². The lowest BCUT2D eigenvalue weighted by molar-refractivity contribution is -0.120. The second-order valence-corrected chi connectivity index (χ2v) is 7.43. The van der Waals surface area contributed by atoms with Crippen molar-refractivity contribution in [2.24, 2.45) is 0 Å². The molecule has 0 fully saturated rings. The number of carbonyl (C=O) groups excluding carboxylic acids is 2. The number of para-hydroxylation sites is 1. The summed E-state index contributed by atoms with van der Waals surface area (Å²) in [6, 6.07) is 18.7. The molecule has 1 heterocycles. The van der Waals surface area contributed by atoms with Crippen molar-refractivity contribution in [3.05, 3.63) is 100 Å². The number of benzene rings is 3. The van der Waals surface area contributed by atoms with Gasteiger partial charge in [0.1, 0.15) is 11.5 Å². The summed E-state index contributed by atoms with van der Waals surface area (Å²) in [6.07, 6.45) is 0. The quantitative estimate of drug-likeness (QED) is 0.617. The molecule has 0 atom stereocenters. The molecule has 0 saturated carbocycles. The molecule has 0 bridgehead atoms. The number of hydrogen-bond acceptors (Lipinski definition) is 3. The first-order chi connectivity index (χ1) is 14.4. The summed E-state index contributed by atoms with van der Waals surface area (Å²) in [6.45, 7) is 5.82. The topological polar surface area (TPSA) is 49.4 Å². The predicted octanol–water partition coefficient (Wildman–Crippen LogP) is 5.15. The van der Waals surface area contributed by atoms with Crippen molar-refractivity contribution >= 4 is 28.8 Å². The van der Waals surface area contributed by atoms with Crippen LogP contribution in [0.1, 0.15) is 22.3 Å². The van der Waals surface area contributed by atoms with Crippen molar-refractivity contribution in [1.29, 1.82) is 0 Å². The second kappa shape index (κ2) is 7.59. The molecule has 0 spiro atoms. The van der Waals surface area contributed by atoms with Crippen LogP contribution in [0.5, 0.6) is 0 Å². The number of halogens is 1. The van der Waals surface area contributed by atoms with Crippen molar-refractivity contribution in [1.82, 2.24) is 0 Å². The van der Waals surface area contributed by atoms with Gasteiger partial charge in [0.2, 0.25) is 0 Å². The number of nitrogens with zero attached hydrogens (tertiary/aromatic N) is 1. The maximum atomic E-state index is 13.4. The summed E-state index contributed by atoms with van der Waals surface area (Å²) in [7, 11) is 0. The average Bonchev–Trinajstić information content (AvgIpc) is 2.95. The Balaban J connectivity index is 1.87. The van der Waals surface area contributed by atoms with Crippen molar-refractivity contribution in [2.75, 3.05) is 10.2 Å². The van der Waals surface area contributed by atoms with Gasteiger partial charge in [-0.3, -0.25) is 9.59 Å². The number of nitrogens with one attached hydrogen (secondary N) is 1. The minimum atomic E-state index is -0.468. The van der Waals surface area contributed by atoms with Crippen LogP contribution >= 0.6 is 0 Å².